The molecule has 0 aliphatic heterocycles. The maximum Gasteiger partial charge on any atom is 0.433 e. The molecule has 2 aliphatic rings. The number of aromatic nitrogens is 2. The van der Waals surface area contributed by atoms with Crippen molar-refractivity contribution in [3.63, 3.8) is 0 Å². The molecular weight excluding hydrogens is 589 g/mol. The number of Topliss-reactive ketones (excluding diaryl/α,β-unsaturated/α-hetero) is 1. The fourth-order valence-electron chi connectivity index (χ4n) is 5.87. The molecule has 2 saturated carbocycles. The average Bonchev–Trinajstić information content (AvgIpc) is 3.50. The van der Waals surface area contributed by atoms with Crippen LogP contribution in [0.4, 0.5) is 17.6 Å². The zero-order valence-corrected chi connectivity index (χ0v) is 24.2. The minimum Gasteiger partial charge on any atom is -0.481 e. The first-order chi connectivity index (χ1) is 19.0. The van der Waals surface area contributed by atoms with Crippen LogP contribution in [0.3, 0.4) is 0 Å². The van der Waals surface area contributed by atoms with Crippen molar-refractivity contribution in [3.8, 4) is 0 Å². The van der Waals surface area contributed by atoms with E-state index >= 15 is 4.39 Å². The van der Waals surface area contributed by atoms with Crippen molar-refractivity contribution in [3.05, 3.63) is 50.8 Å². The Morgan fingerprint density at radius 3 is 2.17 bits per heavy atom. The Balaban J connectivity index is 1.69. The number of amides is 1. The van der Waals surface area contributed by atoms with E-state index in [-0.39, 0.29) is 54.1 Å². The number of hydrogen-bond donors (Lipinski definition) is 1. The first-order valence-electron chi connectivity index (χ1n) is 13.4. The number of carbonyl (C=O) groups is 3. The van der Waals surface area contributed by atoms with Gasteiger partial charge >= 0.3 is 12.1 Å². The van der Waals surface area contributed by atoms with Crippen LogP contribution in [-0.2, 0) is 11.0 Å². The second-order valence-corrected chi connectivity index (χ2v) is 12.3. The van der Waals surface area contributed by atoms with Gasteiger partial charge in [0.05, 0.1) is 51.9 Å². The number of ketones is 1. The maximum absolute atomic E-state index is 15.6. The second-order valence-electron chi connectivity index (χ2n) is 11.5. The lowest BCUT2D eigenvalue weighted by Gasteiger charge is -2.34. The van der Waals surface area contributed by atoms with Gasteiger partial charge in [0.1, 0.15) is 5.67 Å². The predicted molar refractivity (Wildman–Crippen MR) is 144 cm³/mol. The van der Waals surface area contributed by atoms with Crippen LogP contribution in [0.2, 0.25) is 10.0 Å². The number of carboxylic acid groups (broad SMARTS) is 1. The largest absolute Gasteiger partial charge is 0.481 e. The van der Waals surface area contributed by atoms with Gasteiger partial charge < -0.3 is 10.0 Å². The van der Waals surface area contributed by atoms with Crippen LogP contribution >= 0.6 is 23.2 Å². The molecule has 0 saturated heterocycles. The zero-order valence-electron chi connectivity index (χ0n) is 22.7. The topological polar surface area (TPSA) is 92.5 Å². The van der Waals surface area contributed by atoms with Crippen LogP contribution in [0.15, 0.2) is 18.3 Å². The molecule has 2 fully saturated rings. The maximum atomic E-state index is 15.6. The Morgan fingerprint density at radius 2 is 1.66 bits per heavy atom. The summed E-state index contributed by atoms with van der Waals surface area (Å²) < 4.78 is 59.7. The minimum absolute atomic E-state index is 0.0117. The first-order valence-corrected chi connectivity index (χ1v) is 14.2. The summed E-state index contributed by atoms with van der Waals surface area (Å²) in [5.74, 6) is -2.95. The normalized spacial score (nSPS) is 22.5. The monoisotopic (exact) mass is 619 g/mol. The number of halogens is 6. The van der Waals surface area contributed by atoms with E-state index in [0.29, 0.717) is 18.4 Å². The number of carboxylic acids is 1. The van der Waals surface area contributed by atoms with E-state index in [0.717, 1.165) is 15.8 Å². The van der Waals surface area contributed by atoms with E-state index in [1.807, 2.05) is 0 Å². The average molecular weight is 620 g/mol. The van der Waals surface area contributed by atoms with Crippen LogP contribution in [0.25, 0.3) is 0 Å². The molecule has 0 spiro atoms. The van der Waals surface area contributed by atoms with Crippen molar-refractivity contribution < 1.29 is 37.1 Å². The lowest BCUT2D eigenvalue weighted by atomic mass is 9.74. The summed E-state index contributed by atoms with van der Waals surface area (Å²) >= 11 is 12.5. The number of nitrogens with zero attached hydrogens (tertiary/aromatic N) is 3. The molecule has 41 heavy (non-hydrogen) atoms. The van der Waals surface area contributed by atoms with Crippen molar-refractivity contribution in [2.75, 3.05) is 13.1 Å². The van der Waals surface area contributed by atoms with E-state index in [9.17, 15) is 32.7 Å². The quantitative estimate of drug-likeness (QED) is 0.247. The highest BCUT2D eigenvalue weighted by Gasteiger charge is 2.46. The van der Waals surface area contributed by atoms with Gasteiger partial charge in [-0.1, -0.05) is 36.0 Å². The highest BCUT2D eigenvalue weighted by molar-refractivity contribution is 6.40. The Hall–Kier alpha value is -2.66. The molecule has 0 atom stereocenters. The standard InChI is InChI=1S/C28H31Cl2F4N3O4/c1-16-11-19(29)22(20(30)12-16)21(38)14-36(15-27(31)7-3-4-8-27)24(39)18-13-35-37(23(18)28(32,33)34)17-5-9-26(2,10-6-17)25(40)41/h11-13,17H,3-10,14-15H2,1-2H3,(H,40,41). The molecule has 224 valence electrons. The first kappa shape index (κ1) is 31.3. The van der Waals surface area contributed by atoms with Crippen LogP contribution < -0.4 is 0 Å². The van der Waals surface area contributed by atoms with Gasteiger partial charge in [-0.2, -0.15) is 18.3 Å². The van der Waals surface area contributed by atoms with Crippen molar-refractivity contribution >= 4 is 40.9 Å². The zero-order chi connectivity index (χ0) is 30.3. The molecular formula is C28H31Cl2F4N3O4. The van der Waals surface area contributed by atoms with Gasteiger partial charge in [0.15, 0.2) is 11.5 Å². The molecule has 1 N–H and O–H groups in total. The summed E-state index contributed by atoms with van der Waals surface area (Å²) in [6.07, 6.45) is -2.42. The summed E-state index contributed by atoms with van der Waals surface area (Å²) in [5, 5.41) is 13.4. The molecule has 1 heterocycles. The Kier molecular flexibility index (Phi) is 8.81. The molecule has 2 aliphatic carbocycles. The molecule has 0 unspecified atom stereocenters. The Morgan fingerprint density at radius 1 is 1.10 bits per heavy atom. The number of aliphatic carboxylic acids is 1. The summed E-state index contributed by atoms with van der Waals surface area (Å²) in [6.45, 7) is 1.93. The number of aryl methyl sites for hydroxylation is 1. The molecule has 2 aromatic rings. The van der Waals surface area contributed by atoms with E-state index in [4.69, 9.17) is 23.2 Å². The number of rotatable bonds is 8. The van der Waals surface area contributed by atoms with E-state index < -0.39 is 65.3 Å². The molecule has 1 amide bonds. The van der Waals surface area contributed by atoms with E-state index in [1.165, 1.54) is 12.1 Å². The highest BCUT2D eigenvalue weighted by Crippen LogP contribution is 2.44. The molecule has 7 nitrogen and oxygen atoms in total. The van der Waals surface area contributed by atoms with E-state index in [2.05, 4.69) is 5.10 Å². The van der Waals surface area contributed by atoms with Gasteiger partial charge in [0.2, 0.25) is 0 Å². The van der Waals surface area contributed by atoms with Gasteiger partial charge in [-0.3, -0.25) is 19.1 Å². The minimum atomic E-state index is -5.00. The third-order valence-electron chi connectivity index (χ3n) is 8.28. The van der Waals surface area contributed by atoms with Crippen LogP contribution in [-0.4, -0.2) is 56.2 Å². The van der Waals surface area contributed by atoms with Gasteiger partial charge in [-0.15, -0.1) is 0 Å². The molecule has 4 rings (SSSR count). The molecule has 1 aromatic carbocycles. The van der Waals surface area contributed by atoms with Crippen LogP contribution in [0, 0.1) is 12.3 Å². The summed E-state index contributed by atoms with van der Waals surface area (Å²) in [5.41, 5.74) is -4.48. The lowest BCUT2D eigenvalue weighted by molar-refractivity contribution is -0.152. The fraction of sp³-hybridized carbons (Fsp3) is 0.571. The molecule has 1 aromatic heterocycles. The second kappa shape index (κ2) is 11.6. The number of carbonyl (C=O) groups excluding carboxylic acids is 2. The third kappa shape index (κ3) is 6.56. The highest BCUT2D eigenvalue weighted by atomic mass is 35.5. The predicted octanol–water partition coefficient (Wildman–Crippen LogP) is 7.33. The van der Waals surface area contributed by atoms with Gasteiger partial charge in [0, 0.05) is 0 Å². The number of alkyl halides is 4. The summed E-state index contributed by atoms with van der Waals surface area (Å²) in [6, 6.07) is 2.19. The smallest absolute Gasteiger partial charge is 0.433 e. The van der Waals surface area contributed by atoms with Gasteiger partial charge in [-0.05, 0) is 70.1 Å². The van der Waals surface area contributed by atoms with Crippen LogP contribution in [0.1, 0.15) is 96.3 Å². The fourth-order valence-corrected chi connectivity index (χ4v) is 6.68. The lowest BCUT2D eigenvalue weighted by Crippen LogP contribution is -2.45. The van der Waals surface area contributed by atoms with Crippen molar-refractivity contribution in [2.24, 2.45) is 5.41 Å². The van der Waals surface area contributed by atoms with E-state index in [1.54, 1.807) is 13.8 Å². The van der Waals surface area contributed by atoms with Crippen molar-refractivity contribution in [1.29, 1.82) is 0 Å². The number of hydrogen-bond acceptors (Lipinski definition) is 4. The Labute approximate surface area is 244 Å². The Bertz CT molecular complexity index is 1320. The molecule has 0 bridgehead atoms. The SMILES string of the molecule is Cc1cc(Cl)c(C(=O)CN(CC2(F)CCCC2)C(=O)c2cnn(C3CCC(C)(C(=O)O)CC3)c2C(F)(F)F)c(Cl)c1. The third-order valence-corrected chi connectivity index (χ3v) is 8.87. The van der Waals surface area contributed by atoms with Crippen molar-refractivity contribution in [2.45, 2.75) is 83.1 Å². The van der Waals surface area contributed by atoms with Crippen molar-refractivity contribution in [1.82, 2.24) is 14.7 Å². The number of benzene rings is 1. The molecule has 13 heteroatoms. The summed E-state index contributed by atoms with van der Waals surface area (Å²) in [7, 11) is 0. The summed E-state index contributed by atoms with van der Waals surface area (Å²) in [4.78, 5) is 39.4. The van der Waals surface area contributed by atoms with Gasteiger partial charge in [-0.25, -0.2) is 4.39 Å². The van der Waals surface area contributed by atoms with Crippen LogP contribution in [0.5, 0.6) is 0 Å². The van der Waals surface area contributed by atoms with Gasteiger partial charge in [0.25, 0.3) is 5.91 Å². The molecule has 0 radical (unpaired) electrons.